The summed E-state index contributed by atoms with van der Waals surface area (Å²) < 4.78 is 9.17. The van der Waals surface area contributed by atoms with Crippen LogP contribution in [-0.4, -0.2) is 13.7 Å². The molecule has 0 N–H and O–H groups in total. The minimum Gasteiger partial charge on any atom is -0.309 e. The van der Waals surface area contributed by atoms with E-state index in [1.54, 1.807) is 11.3 Å². The van der Waals surface area contributed by atoms with Gasteiger partial charge >= 0.3 is 0 Å². The molecule has 0 aliphatic carbocycles. The third-order valence-corrected chi connectivity index (χ3v) is 13.7. The molecule has 60 heavy (non-hydrogen) atoms. The summed E-state index contributed by atoms with van der Waals surface area (Å²) >= 11 is 1.80. The SMILES string of the molecule is N#Cc1cc(-n2c3ccccc3c3c4sc5ccccc5c4ccc32)c(C#N)cc1-n1c2ccc(-n3c4ccccc4c4ccccc43)cc2c2c3ccccc3ccc21. The molecule has 13 aromatic rings. The molecule has 0 saturated carbocycles. The first-order valence-electron chi connectivity index (χ1n) is 20.0. The molecular weight excluding hydrogens is 751 g/mol. The zero-order chi connectivity index (χ0) is 39.6. The number of aromatic nitrogens is 3. The predicted molar refractivity (Wildman–Crippen MR) is 249 cm³/mol. The van der Waals surface area contributed by atoms with Crippen LogP contribution in [0.3, 0.4) is 0 Å². The van der Waals surface area contributed by atoms with E-state index in [9.17, 15) is 10.5 Å². The molecular formula is C54H29N5S. The van der Waals surface area contributed by atoms with Crippen molar-refractivity contribution in [2.45, 2.75) is 0 Å². The van der Waals surface area contributed by atoms with E-state index in [0.29, 0.717) is 22.5 Å². The highest BCUT2D eigenvalue weighted by atomic mass is 32.1. The number of nitrogens with zero attached hydrogens (tertiary/aromatic N) is 5. The molecule has 0 bridgehead atoms. The van der Waals surface area contributed by atoms with Crippen molar-refractivity contribution in [1.29, 1.82) is 10.5 Å². The van der Waals surface area contributed by atoms with E-state index in [2.05, 4.69) is 184 Å². The summed E-state index contributed by atoms with van der Waals surface area (Å²) in [6.45, 7) is 0. The van der Waals surface area contributed by atoms with Crippen molar-refractivity contribution >= 4 is 108 Å². The quantitative estimate of drug-likeness (QED) is 0.179. The van der Waals surface area contributed by atoms with Crippen LogP contribution < -0.4 is 0 Å². The maximum atomic E-state index is 11.1. The molecule has 13 rings (SSSR count). The number of nitriles is 2. The lowest BCUT2D eigenvalue weighted by atomic mass is 10.0. The van der Waals surface area contributed by atoms with E-state index in [1.807, 2.05) is 18.2 Å². The summed E-state index contributed by atoms with van der Waals surface area (Å²) in [6.07, 6.45) is 0. The Kier molecular flexibility index (Phi) is 6.67. The van der Waals surface area contributed by atoms with Gasteiger partial charge in [-0.2, -0.15) is 10.5 Å². The van der Waals surface area contributed by atoms with Gasteiger partial charge < -0.3 is 13.7 Å². The molecule has 4 aromatic heterocycles. The van der Waals surface area contributed by atoms with Crippen molar-refractivity contribution in [1.82, 2.24) is 13.7 Å². The minimum atomic E-state index is 0.483. The fraction of sp³-hybridized carbons (Fsp3) is 0. The van der Waals surface area contributed by atoms with Gasteiger partial charge in [0.15, 0.2) is 0 Å². The van der Waals surface area contributed by atoms with Crippen molar-refractivity contribution < 1.29 is 0 Å². The van der Waals surface area contributed by atoms with Crippen LogP contribution in [0.4, 0.5) is 0 Å². The molecule has 0 aliphatic rings. The third-order valence-electron chi connectivity index (χ3n) is 12.5. The highest BCUT2D eigenvalue weighted by Gasteiger charge is 2.24. The Balaban J connectivity index is 1.10. The smallest absolute Gasteiger partial charge is 0.101 e. The van der Waals surface area contributed by atoms with Gasteiger partial charge in [-0.25, -0.2) is 0 Å². The van der Waals surface area contributed by atoms with E-state index in [0.717, 1.165) is 71.1 Å². The zero-order valence-corrected chi connectivity index (χ0v) is 32.7. The first-order chi connectivity index (χ1) is 29.7. The summed E-state index contributed by atoms with van der Waals surface area (Å²) in [7, 11) is 0. The van der Waals surface area contributed by atoms with Crippen LogP contribution in [-0.2, 0) is 0 Å². The van der Waals surface area contributed by atoms with Gasteiger partial charge in [-0.3, -0.25) is 0 Å². The maximum Gasteiger partial charge on any atom is 0.101 e. The van der Waals surface area contributed by atoms with E-state index < -0.39 is 0 Å². The standard InChI is InChI=1S/C54H29N5S/c55-30-33-28-50(34(31-56)27-49(33)58-45-19-9-5-16-41(45)53-48(58)26-23-40-39-15-6-10-20-51(39)60-54(40)53)59-46-25-22-35(29-42(46)52-36-12-2-1-11-32(36)21-24-47(52)59)57-43-17-7-3-13-37(43)38-14-4-8-18-44(38)57/h1-29H. The van der Waals surface area contributed by atoms with Crippen molar-refractivity contribution in [3.8, 4) is 29.2 Å². The number of fused-ring (bicyclic) bond motifs is 15. The van der Waals surface area contributed by atoms with Crippen LogP contribution in [0.2, 0.25) is 0 Å². The van der Waals surface area contributed by atoms with Gasteiger partial charge in [0.2, 0.25) is 0 Å². The highest BCUT2D eigenvalue weighted by molar-refractivity contribution is 7.26. The second-order valence-electron chi connectivity index (χ2n) is 15.5. The lowest BCUT2D eigenvalue weighted by Gasteiger charge is -2.16. The predicted octanol–water partition coefficient (Wildman–Crippen LogP) is 14.2. The van der Waals surface area contributed by atoms with E-state index >= 15 is 0 Å². The molecule has 0 atom stereocenters. The third kappa shape index (κ3) is 4.32. The van der Waals surface area contributed by atoms with Crippen LogP contribution in [0.25, 0.3) is 113 Å². The van der Waals surface area contributed by atoms with Crippen LogP contribution >= 0.6 is 11.3 Å². The monoisotopic (exact) mass is 779 g/mol. The fourth-order valence-electron chi connectivity index (χ4n) is 10.00. The molecule has 0 aliphatic heterocycles. The number of thiophene rings is 1. The lowest BCUT2D eigenvalue weighted by Crippen LogP contribution is -2.04. The number of benzene rings is 9. The van der Waals surface area contributed by atoms with Crippen molar-refractivity contribution in [3.05, 3.63) is 187 Å². The number of rotatable bonds is 3. The van der Waals surface area contributed by atoms with E-state index in [-0.39, 0.29) is 0 Å². The van der Waals surface area contributed by atoms with Crippen molar-refractivity contribution in [2.75, 3.05) is 0 Å². The molecule has 5 nitrogen and oxygen atoms in total. The van der Waals surface area contributed by atoms with Gasteiger partial charge in [-0.15, -0.1) is 11.3 Å². The summed E-state index contributed by atoms with van der Waals surface area (Å²) in [6, 6.07) is 66.9. The van der Waals surface area contributed by atoms with Gasteiger partial charge in [0.05, 0.1) is 55.6 Å². The molecule has 0 amide bonds. The van der Waals surface area contributed by atoms with Gasteiger partial charge in [-0.05, 0) is 77.5 Å². The Morgan fingerprint density at radius 3 is 1.57 bits per heavy atom. The van der Waals surface area contributed by atoms with E-state index in [4.69, 9.17) is 0 Å². The van der Waals surface area contributed by atoms with Crippen LogP contribution in [0.1, 0.15) is 11.1 Å². The summed E-state index contributed by atoms with van der Waals surface area (Å²) in [5.41, 5.74) is 9.60. The van der Waals surface area contributed by atoms with Gasteiger partial charge in [-0.1, -0.05) is 109 Å². The molecule has 0 spiro atoms. The second kappa shape index (κ2) is 12.2. The van der Waals surface area contributed by atoms with Gasteiger partial charge in [0.1, 0.15) is 12.1 Å². The summed E-state index contributed by atoms with van der Waals surface area (Å²) in [4.78, 5) is 0. The molecule has 6 heteroatoms. The van der Waals surface area contributed by atoms with Gasteiger partial charge in [0.25, 0.3) is 0 Å². The number of hydrogen-bond acceptors (Lipinski definition) is 3. The Labute approximate surface area is 346 Å². The second-order valence-corrected chi connectivity index (χ2v) is 16.5. The Morgan fingerprint density at radius 1 is 0.367 bits per heavy atom. The molecule has 9 aromatic carbocycles. The number of para-hydroxylation sites is 3. The molecule has 0 saturated heterocycles. The summed E-state index contributed by atoms with van der Waals surface area (Å²) in [5, 5.41) is 33.7. The molecule has 0 fully saturated rings. The Morgan fingerprint density at radius 2 is 0.883 bits per heavy atom. The first-order valence-corrected chi connectivity index (χ1v) is 20.8. The average Bonchev–Trinajstić information content (AvgIpc) is 4.04. The maximum absolute atomic E-state index is 11.1. The van der Waals surface area contributed by atoms with Crippen LogP contribution in [0, 0.1) is 22.7 Å². The van der Waals surface area contributed by atoms with Crippen molar-refractivity contribution in [3.63, 3.8) is 0 Å². The normalized spacial score (nSPS) is 12.0. The van der Waals surface area contributed by atoms with Crippen molar-refractivity contribution in [2.24, 2.45) is 0 Å². The molecule has 4 heterocycles. The van der Waals surface area contributed by atoms with Crippen LogP contribution in [0.15, 0.2) is 176 Å². The Bertz CT molecular complexity index is 4050. The molecule has 0 radical (unpaired) electrons. The van der Waals surface area contributed by atoms with E-state index in [1.165, 1.54) is 30.9 Å². The Hall–Kier alpha value is -8.16. The topological polar surface area (TPSA) is 62.4 Å². The van der Waals surface area contributed by atoms with Gasteiger partial charge in [0, 0.05) is 58.2 Å². The highest BCUT2D eigenvalue weighted by Crippen LogP contribution is 2.45. The largest absolute Gasteiger partial charge is 0.309 e. The lowest BCUT2D eigenvalue weighted by molar-refractivity contribution is 1.12. The first kappa shape index (κ1) is 32.9. The number of hydrogen-bond donors (Lipinski definition) is 0. The van der Waals surface area contributed by atoms with Crippen LogP contribution in [0.5, 0.6) is 0 Å². The fourth-order valence-corrected chi connectivity index (χ4v) is 11.3. The summed E-state index contributed by atoms with van der Waals surface area (Å²) in [5.74, 6) is 0. The minimum absolute atomic E-state index is 0.483. The molecule has 0 unspecified atom stereocenters. The average molecular weight is 780 g/mol. The zero-order valence-electron chi connectivity index (χ0n) is 31.9. The molecule has 276 valence electrons.